The van der Waals surface area contributed by atoms with Gasteiger partial charge < -0.3 is 10.2 Å². The highest BCUT2D eigenvalue weighted by molar-refractivity contribution is 7.91. The first-order valence-electron chi connectivity index (χ1n) is 8.22. The van der Waals surface area contributed by atoms with Crippen LogP contribution in [0.15, 0.2) is 29.2 Å². The van der Waals surface area contributed by atoms with Gasteiger partial charge in [-0.2, -0.15) is 0 Å². The van der Waals surface area contributed by atoms with Gasteiger partial charge in [-0.1, -0.05) is 17.7 Å². The molecular formula is C17H24N2O3S. The molecular weight excluding hydrogens is 312 g/mol. The number of hydrogen-bond donors (Lipinski definition) is 1. The zero-order chi connectivity index (χ0) is 16.6. The molecule has 1 saturated heterocycles. The largest absolute Gasteiger partial charge is 0.334 e. The van der Waals surface area contributed by atoms with Crippen molar-refractivity contribution in [1.29, 1.82) is 0 Å². The van der Waals surface area contributed by atoms with Crippen molar-refractivity contribution >= 4 is 15.9 Å². The molecule has 1 aromatic carbocycles. The van der Waals surface area contributed by atoms with Gasteiger partial charge in [0.25, 0.3) is 0 Å². The van der Waals surface area contributed by atoms with Crippen LogP contribution in [0.25, 0.3) is 0 Å². The summed E-state index contributed by atoms with van der Waals surface area (Å²) in [6, 6.07) is 6.64. The third-order valence-electron chi connectivity index (χ3n) is 4.89. The molecule has 1 heterocycles. The number of piperidine rings is 1. The highest BCUT2D eigenvalue weighted by Gasteiger charge is 2.40. The lowest BCUT2D eigenvalue weighted by Gasteiger charge is -2.28. The lowest BCUT2D eigenvalue weighted by Crippen LogP contribution is -2.48. The fourth-order valence-electron chi connectivity index (χ4n) is 3.68. The van der Waals surface area contributed by atoms with E-state index in [0.29, 0.717) is 16.9 Å². The van der Waals surface area contributed by atoms with Gasteiger partial charge >= 0.3 is 6.03 Å². The third kappa shape index (κ3) is 3.52. The van der Waals surface area contributed by atoms with Gasteiger partial charge in [-0.05, 0) is 51.2 Å². The van der Waals surface area contributed by atoms with Gasteiger partial charge in [0.2, 0.25) is 0 Å². The maximum absolute atomic E-state index is 12.4. The van der Waals surface area contributed by atoms with Gasteiger partial charge in [-0.3, -0.25) is 0 Å². The Morgan fingerprint density at radius 1 is 1.30 bits per heavy atom. The molecule has 126 valence electrons. The van der Waals surface area contributed by atoms with E-state index in [-0.39, 0.29) is 11.8 Å². The normalized spacial score (nSPS) is 24.7. The Labute approximate surface area is 138 Å². The Bertz CT molecular complexity index is 684. The molecule has 0 spiro atoms. The number of carbonyl (C=O) groups is 1. The van der Waals surface area contributed by atoms with Crippen LogP contribution in [-0.2, 0) is 9.84 Å². The first kappa shape index (κ1) is 16.3. The minimum Gasteiger partial charge on any atom is -0.334 e. The first-order valence-corrected chi connectivity index (χ1v) is 9.87. The highest BCUT2D eigenvalue weighted by atomic mass is 32.2. The number of nitrogens with zero attached hydrogens (tertiary/aromatic N) is 1. The highest BCUT2D eigenvalue weighted by Crippen LogP contribution is 2.37. The van der Waals surface area contributed by atoms with Crippen molar-refractivity contribution in [1.82, 2.24) is 10.2 Å². The number of fused-ring (bicyclic) bond motifs is 2. The second kappa shape index (κ2) is 6.15. The van der Waals surface area contributed by atoms with Crippen molar-refractivity contribution in [3.8, 4) is 0 Å². The molecule has 2 bridgehead atoms. The van der Waals surface area contributed by atoms with Crippen LogP contribution in [0.2, 0.25) is 0 Å². The fourth-order valence-corrected chi connectivity index (χ4v) is 5.16. The molecule has 5 nitrogen and oxygen atoms in total. The quantitative estimate of drug-likeness (QED) is 0.918. The summed E-state index contributed by atoms with van der Waals surface area (Å²) in [6.07, 6.45) is 3.39. The van der Waals surface area contributed by atoms with Crippen LogP contribution in [0.5, 0.6) is 0 Å². The molecule has 1 aromatic rings. The van der Waals surface area contributed by atoms with E-state index < -0.39 is 15.9 Å². The minimum atomic E-state index is -3.39. The van der Waals surface area contributed by atoms with E-state index in [1.54, 1.807) is 31.2 Å². The average molecular weight is 336 g/mol. The first-order chi connectivity index (χ1) is 10.8. The molecule has 23 heavy (non-hydrogen) atoms. The van der Waals surface area contributed by atoms with Crippen molar-refractivity contribution in [3.05, 3.63) is 29.8 Å². The molecule has 2 aliphatic rings. The summed E-state index contributed by atoms with van der Waals surface area (Å²) in [5.41, 5.74) is 1.02. The molecule has 1 aliphatic carbocycles. The molecule has 0 aromatic heterocycles. The van der Waals surface area contributed by atoms with Crippen molar-refractivity contribution in [3.63, 3.8) is 0 Å². The summed E-state index contributed by atoms with van der Waals surface area (Å²) in [7, 11) is -3.39. The van der Waals surface area contributed by atoms with E-state index >= 15 is 0 Å². The Balaban J connectivity index is 1.59. The van der Waals surface area contributed by atoms with E-state index in [0.717, 1.165) is 24.9 Å². The van der Waals surface area contributed by atoms with E-state index in [9.17, 15) is 13.2 Å². The van der Waals surface area contributed by atoms with Gasteiger partial charge in [0.05, 0.1) is 10.6 Å². The number of carbonyl (C=O) groups excluding carboxylic acids is 1. The van der Waals surface area contributed by atoms with Gasteiger partial charge in [0.1, 0.15) is 0 Å². The summed E-state index contributed by atoms with van der Waals surface area (Å²) >= 11 is 0. The lowest BCUT2D eigenvalue weighted by atomic mass is 10.1. The Morgan fingerprint density at radius 3 is 2.57 bits per heavy atom. The molecule has 2 fully saturated rings. The number of sulfone groups is 1. The predicted octanol–water partition coefficient (Wildman–Crippen LogP) is 2.35. The molecule has 0 unspecified atom stereocenters. The number of nitrogens with one attached hydrogen (secondary N) is 1. The van der Waals surface area contributed by atoms with Crippen molar-refractivity contribution in [2.24, 2.45) is 5.92 Å². The molecule has 0 radical (unpaired) electrons. The summed E-state index contributed by atoms with van der Waals surface area (Å²) < 4.78 is 24.8. The van der Waals surface area contributed by atoms with Crippen molar-refractivity contribution in [2.75, 3.05) is 12.3 Å². The molecule has 2 amide bonds. The summed E-state index contributed by atoms with van der Waals surface area (Å²) in [5, 5.41) is 2.85. The zero-order valence-electron chi connectivity index (χ0n) is 13.7. The van der Waals surface area contributed by atoms with Gasteiger partial charge in [0, 0.05) is 18.6 Å². The van der Waals surface area contributed by atoms with Gasteiger partial charge in [-0.15, -0.1) is 0 Å². The molecule has 1 N–H and O–H groups in total. The van der Waals surface area contributed by atoms with Crippen molar-refractivity contribution in [2.45, 2.75) is 50.1 Å². The summed E-state index contributed by atoms with van der Waals surface area (Å²) in [6.45, 7) is 4.48. The molecule has 3 atom stereocenters. The van der Waals surface area contributed by atoms with Crippen LogP contribution >= 0.6 is 0 Å². The van der Waals surface area contributed by atoms with Crippen LogP contribution in [-0.4, -0.2) is 43.7 Å². The Hall–Kier alpha value is -1.56. The van der Waals surface area contributed by atoms with Crippen LogP contribution in [0.1, 0.15) is 31.7 Å². The smallest absolute Gasteiger partial charge is 0.317 e. The lowest BCUT2D eigenvalue weighted by molar-refractivity contribution is 0.178. The fraction of sp³-hybridized carbons (Fsp3) is 0.588. The van der Waals surface area contributed by atoms with Crippen LogP contribution < -0.4 is 5.32 Å². The van der Waals surface area contributed by atoms with E-state index in [1.807, 2.05) is 11.8 Å². The zero-order valence-corrected chi connectivity index (χ0v) is 14.5. The van der Waals surface area contributed by atoms with E-state index in [1.165, 1.54) is 6.42 Å². The Morgan fingerprint density at radius 2 is 2.00 bits per heavy atom. The second-order valence-corrected chi connectivity index (χ2v) is 8.96. The SMILES string of the molecule is Cc1ccc(S(=O)(=O)C[C@@H](C)NC(=O)N2C[C@H]3CC[C@H]2C3)cc1. The number of rotatable bonds is 4. The molecule has 1 aliphatic heterocycles. The predicted molar refractivity (Wildman–Crippen MR) is 89.1 cm³/mol. The average Bonchev–Trinajstić information content (AvgIpc) is 3.09. The third-order valence-corrected chi connectivity index (χ3v) is 6.82. The number of benzene rings is 1. The number of urea groups is 1. The maximum atomic E-state index is 12.4. The summed E-state index contributed by atoms with van der Waals surface area (Å²) in [5.74, 6) is 0.557. The molecule has 1 saturated carbocycles. The number of amides is 2. The maximum Gasteiger partial charge on any atom is 0.317 e. The second-order valence-electron chi connectivity index (χ2n) is 6.93. The summed E-state index contributed by atoms with van der Waals surface area (Å²) in [4.78, 5) is 14.5. The topological polar surface area (TPSA) is 66.5 Å². The van der Waals surface area contributed by atoms with Gasteiger partial charge in [-0.25, -0.2) is 13.2 Å². The minimum absolute atomic E-state index is 0.0796. The van der Waals surface area contributed by atoms with Gasteiger partial charge in [0.15, 0.2) is 9.84 Å². The van der Waals surface area contributed by atoms with Crippen molar-refractivity contribution < 1.29 is 13.2 Å². The number of hydrogen-bond acceptors (Lipinski definition) is 3. The Kier molecular flexibility index (Phi) is 4.36. The van der Waals surface area contributed by atoms with E-state index in [2.05, 4.69) is 5.32 Å². The number of aryl methyl sites for hydroxylation is 1. The van der Waals surface area contributed by atoms with Crippen LogP contribution in [0, 0.1) is 12.8 Å². The van der Waals surface area contributed by atoms with Crippen LogP contribution in [0.3, 0.4) is 0 Å². The molecule has 6 heteroatoms. The van der Waals surface area contributed by atoms with E-state index in [4.69, 9.17) is 0 Å². The monoisotopic (exact) mass is 336 g/mol. The van der Waals surface area contributed by atoms with Crippen LogP contribution in [0.4, 0.5) is 4.79 Å². The number of likely N-dealkylation sites (tertiary alicyclic amines) is 1. The standard InChI is InChI=1S/C17H24N2O3S/c1-12-3-7-16(8-4-12)23(21,22)11-13(2)18-17(20)19-10-14-5-6-15(19)9-14/h3-4,7-8,13-15H,5-6,9-11H2,1-2H3,(H,18,20)/t13-,14+,15+/m1/s1. The molecule has 3 rings (SSSR count).